The van der Waals surface area contributed by atoms with Gasteiger partial charge in [-0.1, -0.05) is 6.07 Å². The summed E-state index contributed by atoms with van der Waals surface area (Å²) in [5.74, 6) is 1.86. The van der Waals surface area contributed by atoms with Crippen LogP contribution in [0, 0.1) is 12.8 Å². The molecule has 1 saturated carbocycles. The Hall–Kier alpha value is -0.520. The zero-order valence-electron chi connectivity index (χ0n) is 16.4. The fourth-order valence-corrected chi connectivity index (χ4v) is 4.36. The van der Waals surface area contributed by atoms with Gasteiger partial charge in [0.2, 0.25) is 0 Å². The Morgan fingerprint density at radius 2 is 1.70 bits per heavy atom. The second kappa shape index (κ2) is 10.9. The Morgan fingerprint density at radius 3 is 2.37 bits per heavy atom. The van der Waals surface area contributed by atoms with Crippen molar-refractivity contribution in [1.82, 2.24) is 9.80 Å². The molecular formula is C21H34Cl2N2O2. The molecule has 2 aliphatic heterocycles. The molecule has 6 heteroatoms. The normalized spacial score (nSPS) is 26.0. The van der Waals surface area contributed by atoms with Gasteiger partial charge in [0.1, 0.15) is 5.75 Å². The van der Waals surface area contributed by atoms with Gasteiger partial charge in [0.25, 0.3) is 0 Å². The average Bonchev–Trinajstić information content (AvgIpc) is 3.09. The van der Waals surface area contributed by atoms with Gasteiger partial charge >= 0.3 is 0 Å². The SMILES string of the molecule is Cc1cc(OC2CC(CN3CCOCC3)C2)ccc1CN1CCCC1.Cl.Cl. The fraction of sp³-hybridized carbons (Fsp3) is 0.714. The largest absolute Gasteiger partial charge is 0.490 e. The molecular weight excluding hydrogens is 383 g/mol. The Bertz CT molecular complexity index is 569. The maximum absolute atomic E-state index is 6.22. The van der Waals surface area contributed by atoms with Crippen LogP contribution in [0.1, 0.15) is 36.8 Å². The molecule has 0 aromatic heterocycles. The summed E-state index contributed by atoms with van der Waals surface area (Å²) in [4.78, 5) is 5.10. The van der Waals surface area contributed by atoms with Gasteiger partial charge in [-0.3, -0.25) is 9.80 Å². The number of benzene rings is 1. The predicted molar refractivity (Wildman–Crippen MR) is 115 cm³/mol. The van der Waals surface area contributed by atoms with Crippen LogP contribution in [-0.2, 0) is 11.3 Å². The maximum Gasteiger partial charge on any atom is 0.120 e. The van der Waals surface area contributed by atoms with Crippen LogP contribution in [0.3, 0.4) is 0 Å². The van der Waals surface area contributed by atoms with Gasteiger partial charge in [0, 0.05) is 26.2 Å². The van der Waals surface area contributed by atoms with Gasteiger partial charge in [-0.2, -0.15) is 0 Å². The highest BCUT2D eigenvalue weighted by Gasteiger charge is 2.32. The summed E-state index contributed by atoms with van der Waals surface area (Å²) < 4.78 is 11.6. The average molecular weight is 417 g/mol. The van der Waals surface area contributed by atoms with E-state index in [1.165, 1.54) is 56.4 Å². The summed E-state index contributed by atoms with van der Waals surface area (Å²) in [6.07, 6.45) is 5.52. The zero-order valence-corrected chi connectivity index (χ0v) is 18.0. The van der Waals surface area contributed by atoms with Gasteiger partial charge in [-0.05, 0) is 74.9 Å². The van der Waals surface area contributed by atoms with Gasteiger partial charge < -0.3 is 9.47 Å². The smallest absolute Gasteiger partial charge is 0.120 e. The molecule has 1 aliphatic carbocycles. The molecule has 0 atom stereocenters. The Morgan fingerprint density at radius 1 is 1.00 bits per heavy atom. The summed E-state index contributed by atoms with van der Waals surface area (Å²) in [6, 6.07) is 6.68. The number of rotatable bonds is 6. The number of aryl methyl sites for hydroxylation is 1. The molecule has 1 aromatic carbocycles. The lowest BCUT2D eigenvalue weighted by Gasteiger charge is -2.39. The summed E-state index contributed by atoms with van der Waals surface area (Å²) in [7, 11) is 0. The minimum atomic E-state index is 0. The first-order valence-electron chi connectivity index (χ1n) is 10.0. The maximum atomic E-state index is 6.22. The third kappa shape index (κ3) is 6.23. The van der Waals surface area contributed by atoms with Crippen LogP contribution in [0.5, 0.6) is 5.75 Å². The number of nitrogens with zero attached hydrogens (tertiary/aromatic N) is 2. The lowest BCUT2D eigenvalue weighted by atomic mass is 9.81. The highest BCUT2D eigenvalue weighted by molar-refractivity contribution is 5.85. The molecule has 0 unspecified atom stereocenters. The van der Waals surface area contributed by atoms with E-state index in [1.807, 2.05) is 0 Å². The van der Waals surface area contributed by atoms with E-state index in [9.17, 15) is 0 Å². The second-order valence-electron chi connectivity index (χ2n) is 8.06. The van der Waals surface area contributed by atoms with Crippen molar-refractivity contribution in [2.45, 2.75) is 45.3 Å². The monoisotopic (exact) mass is 416 g/mol. The number of halogens is 2. The highest BCUT2D eigenvalue weighted by atomic mass is 35.5. The summed E-state index contributed by atoms with van der Waals surface area (Å²) in [5, 5.41) is 0. The third-order valence-corrected chi connectivity index (χ3v) is 6.02. The highest BCUT2D eigenvalue weighted by Crippen LogP contribution is 2.33. The zero-order chi connectivity index (χ0) is 17.1. The van der Waals surface area contributed by atoms with Crippen molar-refractivity contribution in [1.29, 1.82) is 0 Å². The molecule has 3 fully saturated rings. The number of ether oxygens (including phenoxy) is 2. The summed E-state index contributed by atoms with van der Waals surface area (Å²) in [6.45, 7) is 11.0. The molecule has 4 nitrogen and oxygen atoms in total. The molecule has 0 spiro atoms. The first-order valence-corrected chi connectivity index (χ1v) is 10.0. The first kappa shape index (κ1) is 22.8. The molecule has 3 aliphatic rings. The number of likely N-dealkylation sites (tertiary alicyclic amines) is 1. The van der Waals surface area contributed by atoms with E-state index in [-0.39, 0.29) is 24.8 Å². The number of morpholine rings is 1. The van der Waals surface area contributed by atoms with Gasteiger partial charge in [-0.15, -0.1) is 24.8 Å². The van der Waals surface area contributed by atoms with E-state index in [4.69, 9.17) is 9.47 Å². The molecule has 27 heavy (non-hydrogen) atoms. The molecule has 0 bridgehead atoms. The van der Waals surface area contributed by atoms with E-state index < -0.39 is 0 Å². The molecule has 154 valence electrons. The third-order valence-electron chi connectivity index (χ3n) is 6.02. The van der Waals surface area contributed by atoms with Crippen molar-refractivity contribution < 1.29 is 9.47 Å². The van der Waals surface area contributed by atoms with Crippen molar-refractivity contribution in [3.63, 3.8) is 0 Å². The minimum absolute atomic E-state index is 0. The molecule has 1 aromatic rings. The van der Waals surface area contributed by atoms with Gasteiger partial charge in [0.15, 0.2) is 0 Å². The molecule has 2 saturated heterocycles. The van der Waals surface area contributed by atoms with Crippen LogP contribution in [0.25, 0.3) is 0 Å². The van der Waals surface area contributed by atoms with Crippen molar-refractivity contribution in [2.24, 2.45) is 5.92 Å². The molecule has 0 radical (unpaired) electrons. The Balaban J connectivity index is 0.00000131. The van der Waals surface area contributed by atoms with E-state index in [1.54, 1.807) is 0 Å². The van der Waals surface area contributed by atoms with Crippen molar-refractivity contribution in [2.75, 3.05) is 45.9 Å². The Kier molecular flexibility index (Phi) is 9.17. The minimum Gasteiger partial charge on any atom is -0.490 e. The second-order valence-corrected chi connectivity index (χ2v) is 8.06. The van der Waals surface area contributed by atoms with E-state index in [0.717, 1.165) is 44.5 Å². The van der Waals surface area contributed by atoms with Crippen LogP contribution in [0.2, 0.25) is 0 Å². The van der Waals surface area contributed by atoms with Crippen LogP contribution < -0.4 is 4.74 Å². The first-order chi connectivity index (χ1) is 12.3. The van der Waals surface area contributed by atoms with Gasteiger partial charge in [0.05, 0.1) is 19.3 Å². The predicted octanol–water partition coefficient (Wildman–Crippen LogP) is 3.92. The van der Waals surface area contributed by atoms with Crippen LogP contribution in [0.15, 0.2) is 18.2 Å². The van der Waals surface area contributed by atoms with Crippen LogP contribution in [-0.4, -0.2) is 61.8 Å². The van der Waals surface area contributed by atoms with Crippen LogP contribution in [0.4, 0.5) is 0 Å². The quantitative estimate of drug-likeness (QED) is 0.701. The lowest BCUT2D eigenvalue weighted by Crippen LogP contribution is -2.45. The number of hydrogen-bond acceptors (Lipinski definition) is 4. The fourth-order valence-electron chi connectivity index (χ4n) is 4.36. The van der Waals surface area contributed by atoms with Crippen LogP contribution >= 0.6 is 24.8 Å². The lowest BCUT2D eigenvalue weighted by molar-refractivity contribution is 0.000123. The van der Waals surface area contributed by atoms with Gasteiger partial charge in [-0.25, -0.2) is 0 Å². The van der Waals surface area contributed by atoms with Crippen molar-refractivity contribution >= 4 is 24.8 Å². The Labute approximate surface area is 176 Å². The van der Waals surface area contributed by atoms with E-state index >= 15 is 0 Å². The van der Waals surface area contributed by atoms with E-state index in [0.29, 0.717) is 6.10 Å². The van der Waals surface area contributed by atoms with E-state index in [2.05, 4.69) is 34.9 Å². The molecule has 0 amide bonds. The summed E-state index contributed by atoms with van der Waals surface area (Å²) in [5.41, 5.74) is 2.82. The summed E-state index contributed by atoms with van der Waals surface area (Å²) >= 11 is 0. The molecule has 4 rings (SSSR count). The topological polar surface area (TPSA) is 24.9 Å². The van der Waals surface area contributed by atoms with Crippen molar-refractivity contribution in [3.05, 3.63) is 29.3 Å². The number of hydrogen-bond donors (Lipinski definition) is 0. The van der Waals surface area contributed by atoms with Crippen molar-refractivity contribution in [3.8, 4) is 5.75 Å². The molecule has 0 N–H and O–H groups in total. The standard InChI is InChI=1S/C21H32N2O2.2ClH/c1-17-12-20(5-4-19(17)16-22-6-2-3-7-22)25-21-13-18(14-21)15-23-8-10-24-11-9-23;;/h4-5,12,18,21H,2-3,6-11,13-16H2,1H3;2*1H. The molecule has 2 heterocycles.